The van der Waals surface area contributed by atoms with Gasteiger partial charge in [0.25, 0.3) is 5.91 Å². The normalized spacial score (nSPS) is 11.1. The molecule has 6 rings (SSSR count). The highest BCUT2D eigenvalue weighted by Crippen LogP contribution is 2.35. The predicted molar refractivity (Wildman–Crippen MR) is 172 cm³/mol. The van der Waals surface area contributed by atoms with Gasteiger partial charge in [-0.15, -0.1) is 0 Å². The number of hydrogen-bond donors (Lipinski definition) is 1. The zero-order chi connectivity index (χ0) is 29.6. The quantitative estimate of drug-likeness (QED) is 0.116. The molecule has 210 valence electrons. The first kappa shape index (κ1) is 27.4. The van der Waals surface area contributed by atoms with Crippen molar-refractivity contribution in [2.24, 2.45) is 5.10 Å². The first-order chi connectivity index (χ1) is 21.1. The summed E-state index contributed by atoms with van der Waals surface area (Å²) in [4.78, 5) is 25.3. The van der Waals surface area contributed by atoms with Crippen LogP contribution in [0.25, 0.3) is 39.0 Å². The highest BCUT2D eigenvalue weighted by atomic mass is 16.5. The number of carbonyl (C=O) groups excluding carboxylic acids is 2. The van der Waals surface area contributed by atoms with Crippen molar-refractivity contribution in [3.05, 3.63) is 150 Å². The van der Waals surface area contributed by atoms with Gasteiger partial charge in [0.05, 0.1) is 29.8 Å². The lowest BCUT2D eigenvalue weighted by Crippen LogP contribution is -2.17. The van der Waals surface area contributed by atoms with Crippen LogP contribution in [0.4, 0.5) is 0 Å². The van der Waals surface area contributed by atoms with Crippen LogP contribution in [0.5, 0.6) is 0 Å². The number of hydrogen-bond acceptors (Lipinski definition) is 4. The molecule has 0 saturated heterocycles. The van der Waals surface area contributed by atoms with Gasteiger partial charge in [0.2, 0.25) is 0 Å². The zero-order valence-corrected chi connectivity index (χ0v) is 23.6. The molecule has 0 fully saturated rings. The Morgan fingerprint density at radius 1 is 0.721 bits per heavy atom. The van der Waals surface area contributed by atoms with E-state index in [0.717, 1.165) is 44.5 Å². The Morgan fingerprint density at radius 2 is 1.35 bits per heavy atom. The van der Waals surface area contributed by atoms with Gasteiger partial charge >= 0.3 is 5.97 Å². The molecule has 6 nitrogen and oxygen atoms in total. The highest BCUT2D eigenvalue weighted by Gasteiger charge is 2.19. The summed E-state index contributed by atoms with van der Waals surface area (Å²) in [6.45, 7) is 2.10. The lowest BCUT2D eigenvalue weighted by Gasteiger charge is -2.15. The second-order valence-corrected chi connectivity index (χ2v) is 9.93. The van der Waals surface area contributed by atoms with E-state index in [4.69, 9.17) is 4.74 Å². The smallest absolute Gasteiger partial charge is 0.338 e. The van der Waals surface area contributed by atoms with E-state index in [9.17, 15) is 9.59 Å². The van der Waals surface area contributed by atoms with Gasteiger partial charge in [0, 0.05) is 16.8 Å². The summed E-state index contributed by atoms with van der Waals surface area (Å²) < 4.78 is 7.33. The van der Waals surface area contributed by atoms with Crippen LogP contribution in [0.2, 0.25) is 0 Å². The molecule has 0 aliphatic carbocycles. The van der Waals surface area contributed by atoms with Gasteiger partial charge in [-0.3, -0.25) is 4.79 Å². The molecule has 0 aliphatic rings. The van der Waals surface area contributed by atoms with E-state index in [1.165, 1.54) is 0 Å². The molecule has 6 heteroatoms. The predicted octanol–water partition coefficient (Wildman–Crippen LogP) is 7.91. The standard InChI is InChI=1S/C37H29N3O3/c1-2-43-37(42)29-19-21-33(22-20-29)40-34(27-12-5-3-6-13-27)24-32(35(40)28-14-7-4-8-15-28)25-38-39-36(41)31-18-17-26-11-9-10-16-30(26)23-31/h3-25H,2H2,1H3,(H,39,41). The number of esters is 1. The Morgan fingerprint density at radius 3 is 2.05 bits per heavy atom. The summed E-state index contributed by atoms with van der Waals surface area (Å²) in [5, 5.41) is 6.44. The number of carbonyl (C=O) groups is 2. The minimum absolute atomic E-state index is 0.291. The van der Waals surface area contributed by atoms with Crippen LogP contribution < -0.4 is 5.43 Å². The molecule has 0 radical (unpaired) electrons. The summed E-state index contributed by atoms with van der Waals surface area (Å²) in [5.41, 5.74) is 9.21. The van der Waals surface area contributed by atoms with E-state index in [1.54, 1.807) is 31.3 Å². The SMILES string of the molecule is CCOC(=O)c1ccc(-n2c(-c3ccccc3)cc(C=NNC(=O)c3ccc4ccccc4c3)c2-c2ccccc2)cc1. The van der Waals surface area contributed by atoms with E-state index in [0.29, 0.717) is 17.7 Å². The molecular formula is C37H29N3O3. The first-order valence-corrected chi connectivity index (χ1v) is 14.1. The van der Waals surface area contributed by atoms with Crippen LogP contribution in [-0.2, 0) is 4.74 Å². The maximum absolute atomic E-state index is 13.0. The Kier molecular flexibility index (Phi) is 7.91. The molecule has 1 N–H and O–H groups in total. The van der Waals surface area contributed by atoms with Gasteiger partial charge in [0.15, 0.2) is 0 Å². The van der Waals surface area contributed by atoms with Gasteiger partial charge in [-0.05, 0) is 71.3 Å². The number of aromatic nitrogens is 1. The fourth-order valence-electron chi connectivity index (χ4n) is 5.13. The number of rotatable bonds is 8. The Bertz CT molecular complexity index is 1930. The third kappa shape index (κ3) is 5.85. The van der Waals surface area contributed by atoms with Gasteiger partial charge < -0.3 is 9.30 Å². The first-order valence-electron chi connectivity index (χ1n) is 14.1. The van der Waals surface area contributed by atoms with Crippen molar-refractivity contribution < 1.29 is 14.3 Å². The van der Waals surface area contributed by atoms with Gasteiger partial charge in [-0.25, -0.2) is 10.2 Å². The number of nitrogens with one attached hydrogen (secondary N) is 1. The summed E-state index contributed by atoms with van der Waals surface area (Å²) in [7, 11) is 0. The summed E-state index contributed by atoms with van der Waals surface area (Å²) in [6, 6.07) is 43.0. The van der Waals surface area contributed by atoms with E-state index >= 15 is 0 Å². The molecule has 0 spiro atoms. The van der Waals surface area contributed by atoms with Crippen LogP contribution >= 0.6 is 0 Å². The van der Waals surface area contributed by atoms with Crippen LogP contribution in [0.15, 0.2) is 139 Å². The fourth-order valence-corrected chi connectivity index (χ4v) is 5.13. The number of fused-ring (bicyclic) bond motifs is 1. The van der Waals surface area contributed by atoms with Crippen molar-refractivity contribution in [3.8, 4) is 28.2 Å². The second-order valence-electron chi connectivity index (χ2n) is 9.93. The number of ether oxygens (including phenoxy) is 1. The third-order valence-electron chi connectivity index (χ3n) is 7.16. The molecule has 6 aromatic rings. The zero-order valence-electron chi connectivity index (χ0n) is 23.6. The number of amides is 1. The molecule has 0 unspecified atom stereocenters. The summed E-state index contributed by atoms with van der Waals surface area (Å²) in [6.07, 6.45) is 1.68. The van der Waals surface area contributed by atoms with Crippen molar-refractivity contribution in [1.82, 2.24) is 9.99 Å². The van der Waals surface area contributed by atoms with Gasteiger partial charge in [-0.1, -0.05) is 91.0 Å². The maximum Gasteiger partial charge on any atom is 0.338 e. The van der Waals surface area contributed by atoms with E-state index in [2.05, 4.69) is 33.3 Å². The van der Waals surface area contributed by atoms with Crippen molar-refractivity contribution in [1.29, 1.82) is 0 Å². The Balaban J connectivity index is 1.42. The number of hydrazone groups is 1. The third-order valence-corrected chi connectivity index (χ3v) is 7.16. The summed E-state index contributed by atoms with van der Waals surface area (Å²) >= 11 is 0. The molecule has 43 heavy (non-hydrogen) atoms. The highest BCUT2D eigenvalue weighted by molar-refractivity contribution is 6.00. The molecule has 1 amide bonds. The average Bonchev–Trinajstić information content (AvgIpc) is 3.45. The Labute approximate surface area is 249 Å². The second kappa shape index (κ2) is 12.4. The van der Waals surface area contributed by atoms with Crippen molar-refractivity contribution in [2.45, 2.75) is 6.92 Å². The molecular weight excluding hydrogens is 534 g/mol. The van der Waals surface area contributed by atoms with Crippen molar-refractivity contribution in [3.63, 3.8) is 0 Å². The fraction of sp³-hybridized carbons (Fsp3) is 0.0541. The number of nitrogens with zero attached hydrogens (tertiary/aromatic N) is 2. The molecule has 0 aliphatic heterocycles. The molecule has 0 atom stereocenters. The molecule has 0 saturated carbocycles. The van der Waals surface area contributed by atoms with Crippen LogP contribution in [0.1, 0.15) is 33.2 Å². The monoisotopic (exact) mass is 563 g/mol. The van der Waals surface area contributed by atoms with E-state index in [1.807, 2.05) is 97.1 Å². The molecule has 0 bridgehead atoms. The molecule has 1 aromatic heterocycles. The van der Waals surface area contributed by atoms with E-state index in [-0.39, 0.29) is 11.9 Å². The van der Waals surface area contributed by atoms with Crippen molar-refractivity contribution in [2.75, 3.05) is 6.61 Å². The minimum Gasteiger partial charge on any atom is -0.462 e. The van der Waals surface area contributed by atoms with Crippen LogP contribution in [0.3, 0.4) is 0 Å². The Hall–Kier alpha value is -5.75. The maximum atomic E-state index is 13.0. The topological polar surface area (TPSA) is 72.7 Å². The average molecular weight is 564 g/mol. The number of benzene rings is 5. The molecule has 5 aromatic carbocycles. The van der Waals surface area contributed by atoms with Gasteiger partial charge in [0.1, 0.15) is 0 Å². The lowest BCUT2D eigenvalue weighted by molar-refractivity contribution is 0.0526. The van der Waals surface area contributed by atoms with E-state index < -0.39 is 0 Å². The lowest BCUT2D eigenvalue weighted by atomic mass is 10.1. The van der Waals surface area contributed by atoms with Crippen molar-refractivity contribution >= 4 is 28.9 Å². The molecule has 1 heterocycles. The minimum atomic E-state index is -0.358. The van der Waals surface area contributed by atoms with Crippen LogP contribution in [0, 0.1) is 0 Å². The summed E-state index contributed by atoms with van der Waals surface area (Å²) in [5.74, 6) is -0.649. The van der Waals surface area contributed by atoms with Crippen LogP contribution in [-0.4, -0.2) is 29.3 Å². The largest absolute Gasteiger partial charge is 0.462 e. The van der Waals surface area contributed by atoms with Gasteiger partial charge in [-0.2, -0.15) is 5.10 Å².